The van der Waals surface area contributed by atoms with Gasteiger partial charge in [-0.3, -0.25) is 4.68 Å². The van der Waals surface area contributed by atoms with Gasteiger partial charge < -0.3 is 5.32 Å². The number of nitrogens with one attached hydrogen (secondary N) is 1. The Kier molecular flexibility index (Phi) is 4.84. The molecular formula is C16H21BrFN3. The van der Waals surface area contributed by atoms with Crippen LogP contribution in [0, 0.1) is 12.7 Å². The summed E-state index contributed by atoms with van der Waals surface area (Å²) in [6.07, 6.45) is 1.88. The van der Waals surface area contributed by atoms with Gasteiger partial charge in [-0.05, 0) is 51.5 Å². The summed E-state index contributed by atoms with van der Waals surface area (Å²) < 4.78 is 16.1. The minimum Gasteiger partial charge on any atom is -0.308 e. The monoisotopic (exact) mass is 353 g/mol. The summed E-state index contributed by atoms with van der Waals surface area (Å²) in [6, 6.07) is 4.91. The van der Waals surface area contributed by atoms with Gasteiger partial charge in [-0.2, -0.15) is 5.10 Å². The molecule has 0 amide bonds. The van der Waals surface area contributed by atoms with E-state index in [4.69, 9.17) is 0 Å². The zero-order chi connectivity index (χ0) is 15.6. The van der Waals surface area contributed by atoms with Crippen molar-refractivity contribution >= 4 is 15.9 Å². The summed E-state index contributed by atoms with van der Waals surface area (Å²) >= 11 is 3.32. The molecule has 1 N–H and O–H groups in total. The highest BCUT2D eigenvalue weighted by Gasteiger charge is 2.12. The number of hydrogen-bond donors (Lipinski definition) is 1. The average molecular weight is 354 g/mol. The lowest BCUT2D eigenvalue weighted by atomic mass is 10.1. The number of halogens is 2. The van der Waals surface area contributed by atoms with Crippen molar-refractivity contribution in [2.45, 2.75) is 46.3 Å². The van der Waals surface area contributed by atoms with Gasteiger partial charge in [0.05, 0.1) is 12.7 Å². The van der Waals surface area contributed by atoms with Crippen molar-refractivity contribution < 1.29 is 4.39 Å². The van der Waals surface area contributed by atoms with Crippen LogP contribution in [0.1, 0.15) is 37.6 Å². The summed E-state index contributed by atoms with van der Waals surface area (Å²) in [5, 5.41) is 7.86. The van der Waals surface area contributed by atoms with Crippen LogP contribution in [0.15, 0.2) is 28.9 Å². The summed E-state index contributed by atoms with van der Waals surface area (Å²) in [5.74, 6) is -0.237. The number of aromatic nitrogens is 2. The smallest absolute Gasteiger partial charge is 0.124 e. The summed E-state index contributed by atoms with van der Waals surface area (Å²) in [4.78, 5) is 0. The van der Waals surface area contributed by atoms with Gasteiger partial charge in [0.25, 0.3) is 0 Å². The minimum absolute atomic E-state index is 0.0714. The molecule has 21 heavy (non-hydrogen) atoms. The number of nitrogens with zero attached hydrogens (tertiary/aromatic N) is 2. The zero-order valence-corrected chi connectivity index (χ0v) is 14.5. The SMILES string of the molecule is Cc1c(CNC(C)(C)C)cnn1Cc1cc(F)cc(Br)c1. The molecule has 5 heteroatoms. The number of hydrogen-bond acceptors (Lipinski definition) is 2. The summed E-state index contributed by atoms with van der Waals surface area (Å²) in [5.41, 5.74) is 3.23. The van der Waals surface area contributed by atoms with Crippen molar-refractivity contribution in [3.63, 3.8) is 0 Å². The fourth-order valence-electron chi connectivity index (χ4n) is 2.05. The van der Waals surface area contributed by atoms with E-state index in [1.807, 2.05) is 23.9 Å². The quantitative estimate of drug-likeness (QED) is 0.899. The largest absolute Gasteiger partial charge is 0.308 e. The van der Waals surface area contributed by atoms with Crippen molar-refractivity contribution in [2.75, 3.05) is 0 Å². The third kappa shape index (κ3) is 4.64. The van der Waals surface area contributed by atoms with Crippen molar-refractivity contribution in [1.82, 2.24) is 15.1 Å². The van der Waals surface area contributed by atoms with Gasteiger partial charge in [-0.1, -0.05) is 15.9 Å². The highest BCUT2D eigenvalue weighted by molar-refractivity contribution is 9.10. The van der Waals surface area contributed by atoms with E-state index in [1.54, 1.807) is 6.07 Å². The summed E-state index contributed by atoms with van der Waals surface area (Å²) in [6.45, 7) is 9.80. The van der Waals surface area contributed by atoms with E-state index in [9.17, 15) is 4.39 Å². The van der Waals surface area contributed by atoms with Gasteiger partial charge >= 0.3 is 0 Å². The Bertz CT molecular complexity index is 609. The molecule has 1 heterocycles. The fourth-order valence-corrected chi connectivity index (χ4v) is 2.57. The molecule has 0 fully saturated rings. The molecule has 0 aliphatic heterocycles. The normalized spacial score (nSPS) is 11.9. The van der Waals surface area contributed by atoms with Gasteiger partial charge in [-0.15, -0.1) is 0 Å². The van der Waals surface area contributed by atoms with E-state index in [2.05, 4.69) is 47.1 Å². The Labute approximate surface area is 133 Å². The van der Waals surface area contributed by atoms with E-state index >= 15 is 0 Å². The zero-order valence-electron chi connectivity index (χ0n) is 12.9. The van der Waals surface area contributed by atoms with E-state index in [0.29, 0.717) is 6.54 Å². The molecule has 0 atom stereocenters. The van der Waals surface area contributed by atoms with Crippen LogP contribution in [0.5, 0.6) is 0 Å². The van der Waals surface area contributed by atoms with Crippen molar-refractivity contribution in [3.8, 4) is 0 Å². The van der Waals surface area contributed by atoms with Crippen LogP contribution in [0.3, 0.4) is 0 Å². The second-order valence-corrected chi connectivity index (χ2v) is 7.21. The van der Waals surface area contributed by atoms with Crippen molar-refractivity contribution in [1.29, 1.82) is 0 Å². The van der Waals surface area contributed by atoms with E-state index in [-0.39, 0.29) is 11.4 Å². The molecule has 0 unspecified atom stereocenters. The molecule has 1 aromatic heterocycles. The first kappa shape index (κ1) is 16.2. The van der Waals surface area contributed by atoms with Crippen molar-refractivity contribution in [3.05, 3.63) is 51.5 Å². The van der Waals surface area contributed by atoms with E-state index < -0.39 is 0 Å². The van der Waals surface area contributed by atoms with Gasteiger partial charge in [0.1, 0.15) is 5.82 Å². The van der Waals surface area contributed by atoms with Crippen LogP contribution < -0.4 is 5.32 Å². The lowest BCUT2D eigenvalue weighted by Crippen LogP contribution is -2.35. The van der Waals surface area contributed by atoms with Gasteiger partial charge in [-0.25, -0.2) is 4.39 Å². The molecule has 0 spiro atoms. The van der Waals surface area contributed by atoms with Gasteiger partial charge in [0.2, 0.25) is 0 Å². The van der Waals surface area contributed by atoms with Crippen LogP contribution in [-0.2, 0) is 13.1 Å². The van der Waals surface area contributed by atoms with Crippen LogP contribution in [-0.4, -0.2) is 15.3 Å². The molecule has 2 rings (SSSR count). The first-order valence-electron chi connectivity index (χ1n) is 6.96. The molecule has 114 valence electrons. The molecule has 0 bridgehead atoms. The van der Waals surface area contributed by atoms with E-state index in [0.717, 1.165) is 22.3 Å². The first-order valence-corrected chi connectivity index (χ1v) is 7.75. The molecule has 3 nitrogen and oxygen atoms in total. The molecule has 0 saturated carbocycles. The Balaban J connectivity index is 2.13. The average Bonchev–Trinajstić information content (AvgIpc) is 2.66. The van der Waals surface area contributed by atoms with Crippen LogP contribution in [0.4, 0.5) is 4.39 Å². The lowest BCUT2D eigenvalue weighted by molar-refractivity contribution is 0.423. The van der Waals surface area contributed by atoms with Crippen molar-refractivity contribution in [2.24, 2.45) is 0 Å². The summed E-state index contributed by atoms with van der Waals surface area (Å²) in [7, 11) is 0. The molecular weight excluding hydrogens is 333 g/mol. The minimum atomic E-state index is -0.237. The maximum Gasteiger partial charge on any atom is 0.124 e. The Morgan fingerprint density at radius 3 is 2.62 bits per heavy atom. The number of benzene rings is 1. The topological polar surface area (TPSA) is 29.9 Å². The Hall–Kier alpha value is -1.20. The third-order valence-electron chi connectivity index (χ3n) is 3.27. The maximum atomic E-state index is 13.4. The predicted molar refractivity (Wildman–Crippen MR) is 86.8 cm³/mol. The van der Waals surface area contributed by atoms with Crippen LogP contribution in [0.25, 0.3) is 0 Å². The second kappa shape index (κ2) is 6.28. The van der Waals surface area contributed by atoms with E-state index in [1.165, 1.54) is 11.6 Å². The highest BCUT2D eigenvalue weighted by Crippen LogP contribution is 2.17. The Morgan fingerprint density at radius 1 is 1.29 bits per heavy atom. The fraction of sp³-hybridized carbons (Fsp3) is 0.438. The highest BCUT2D eigenvalue weighted by atomic mass is 79.9. The van der Waals surface area contributed by atoms with Gasteiger partial charge in [0.15, 0.2) is 0 Å². The maximum absolute atomic E-state index is 13.4. The van der Waals surface area contributed by atoms with Gasteiger partial charge in [0, 0.05) is 27.8 Å². The standard InChI is InChI=1S/C16H21BrFN3/c1-11-13(8-19-16(2,3)4)9-20-21(11)10-12-5-14(17)7-15(18)6-12/h5-7,9,19H,8,10H2,1-4H3. The predicted octanol–water partition coefficient (Wildman–Crippen LogP) is 4.03. The molecule has 2 aromatic rings. The van der Waals surface area contributed by atoms with Crippen LogP contribution >= 0.6 is 15.9 Å². The molecule has 0 radical (unpaired) electrons. The molecule has 0 saturated heterocycles. The molecule has 1 aromatic carbocycles. The lowest BCUT2D eigenvalue weighted by Gasteiger charge is -2.20. The number of rotatable bonds is 4. The third-order valence-corrected chi connectivity index (χ3v) is 3.73. The molecule has 0 aliphatic carbocycles. The second-order valence-electron chi connectivity index (χ2n) is 6.29. The Morgan fingerprint density at radius 2 is 2.00 bits per heavy atom. The molecule has 0 aliphatic rings. The van der Waals surface area contributed by atoms with Crippen LogP contribution in [0.2, 0.25) is 0 Å². The first-order chi connectivity index (χ1) is 9.74.